The summed E-state index contributed by atoms with van der Waals surface area (Å²) in [5.74, 6) is 0.986. The summed E-state index contributed by atoms with van der Waals surface area (Å²) in [5, 5.41) is 10.9. The van der Waals surface area contributed by atoms with E-state index in [1.165, 1.54) is 6.08 Å². The van der Waals surface area contributed by atoms with Crippen LogP contribution >= 0.6 is 11.6 Å². The Kier molecular flexibility index (Phi) is 8.15. The Morgan fingerprint density at radius 3 is 2.32 bits per heavy atom. The summed E-state index contributed by atoms with van der Waals surface area (Å²) in [6.07, 6.45) is 3.15. The molecular formula is C29H26ClNO6. The molecule has 0 fully saturated rings. The lowest BCUT2D eigenvalue weighted by Crippen LogP contribution is -2.10. The van der Waals surface area contributed by atoms with E-state index in [-0.39, 0.29) is 18.5 Å². The molecule has 0 unspecified atom stereocenters. The molecule has 3 aromatic carbocycles. The van der Waals surface area contributed by atoms with Gasteiger partial charge in [-0.05, 0) is 80.1 Å². The number of pyridine rings is 1. The molecule has 0 saturated heterocycles. The van der Waals surface area contributed by atoms with Crippen molar-refractivity contribution in [2.45, 2.75) is 26.6 Å². The minimum absolute atomic E-state index is 0.0415. The number of carbonyl (C=O) groups is 1. The summed E-state index contributed by atoms with van der Waals surface area (Å²) >= 11 is 5.87. The molecule has 0 bridgehead atoms. The van der Waals surface area contributed by atoms with Crippen molar-refractivity contribution in [3.8, 4) is 23.0 Å². The van der Waals surface area contributed by atoms with E-state index in [0.717, 1.165) is 16.5 Å². The van der Waals surface area contributed by atoms with Crippen molar-refractivity contribution in [1.29, 1.82) is 0 Å². The number of fused-ring (bicyclic) bond motifs is 1. The average Bonchev–Trinajstić information content (AvgIpc) is 2.89. The summed E-state index contributed by atoms with van der Waals surface area (Å²) in [5.41, 5.74) is 2.23. The van der Waals surface area contributed by atoms with Gasteiger partial charge in [0.1, 0.15) is 29.6 Å². The maximum atomic E-state index is 11.7. The van der Waals surface area contributed by atoms with E-state index in [4.69, 9.17) is 30.5 Å². The van der Waals surface area contributed by atoms with Gasteiger partial charge in [-0.15, -0.1) is 0 Å². The Labute approximate surface area is 219 Å². The highest BCUT2D eigenvalue weighted by Crippen LogP contribution is 2.33. The van der Waals surface area contributed by atoms with Gasteiger partial charge in [0.05, 0.1) is 24.3 Å². The largest absolute Gasteiger partial charge is 0.497 e. The minimum Gasteiger partial charge on any atom is -0.497 e. The molecule has 0 saturated carbocycles. The Morgan fingerprint density at radius 2 is 1.68 bits per heavy atom. The Hall–Kier alpha value is -4.23. The van der Waals surface area contributed by atoms with Crippen LogP contribution in [0.25, 0.3) is 17.0 Å². The number of methoxy groups -OCH3 is 1. The van der Waals surface area contributed by atoms with Crippen LogP contribution in [0.5, 0.6) is 23.0 Å². The van der Waals surface area contributed by atoms with Gasteiger partial charge >= 0.3 is 5.97 Å². The molecule has 7 nitrogen and oxygen atoms in total. The lowest BCUT2D eigenvalue weighted by Gasteiger charge is -2.17. The van der Waals surface area contributed by atoms with Crippen molar-refractivity contribution < 1.29 is 28.8 Å². The maximum Gasteiger partial charge on any atom is 0.371 e. The molecule has 4 aromatic rings. The summed E-state index contributed by atoms with van der Waals surface area (Å²) < 4.78 is 23.0. The second-order valence-electron chi connectivity index (χ2n) is 8.39. The van der Waals surface area contributed by atoms with E-state index in [2.05, 4.69) is 4.98 Å². The first-order valence-electron chi connectivity index (χ1n) is 11.6. The van der Waals surface area contributed by atoms with E-state index in [1.54, 1.807) is 61.8 Å². The number of rotatable bonds is 10. The van der Waals surface area contributed by atoms with Crippen molar-refractivity contribution in [1.82, 2.24) is 4.98 Å². The first kappa shape index (κ1) is 25.9. The van der Waals surface area contributed by atoms with Crippen molar-refractivity contribution in [3.63, 3.8) is 0 Å². The molecule has 0 radical (unpaired) electrons. The Balaban J connectivity index is 1.51. The highest BCUT2D eigenvalue weighted by Gasteiger charge is 2.14. The highest BCUT2D eigenvalue weighted by molar-refractivity contribution is 6.30. The number of carboxylic acids is 1. The van der Waals surface area contributed by atoms with Crippen molar-refractivity contribution >= 4 is 34.5 Å². The molecule has 1 aromatic heterocycles. The topological polar surface area (TPSA) is 87.1 Å². The van der Waals surface area contributed by atoms with Gasteiger partial charge in [-0.2, -0.15) is 0 Å². The van der Waals surface area contributed by atoms with Gasteiger partial charge in [0.15, 0.2) is 0 Å². The standard InChI is InChI=1S/C29H26ClNO6/c1-18(2)36-28-20(16-31-26-13-12-24(34-3)15-25(26)28)17-35-22-8-4-19(5-9-22)14-27(29(32)33)37-23-10-6-21(30)7-11-23/h4-16,18H,17H2,1-3H3,(H,32,33). The third kappa shape index (κ3) is 6.71. The van der Waals surface area contributed by atoms with Gasteiger partial charge in [0, 0.05) is 16.6 Å². The molecule has 0 amide bonds. The molecule has 0 aliphatic heterocycles. The van der Waals surface area contributed by atoms with E-state index >= 15 is 0 Å². The van der Waals surface area contributed by atoms with Gasteiger partial charge in [-0.3, -0.25) is 4.98 Å². The number of ether oxygens (including phenoxy) is 4. The zero-order chi connectivity index (χ0) is 26.4. The molecule has 0 atom stereocenters. The summed E-state index contributed by atoms with van der Waals surface area (Å²) in [4.78, 5) is 16.2. The summed E-state index contributed by atoms with van der Waals surface area (Å²) in [6, 6.07) is 19.1. The van der Waals surface area contributed by atoms with Gasteiger partial charge < -0.3 is 24.1 Å². The lowest BCUT2D eigenvalue weighted by atomic mass is 10.1. The second kappa shape index (κ2) is 11.7. The van der Waals surface area contributed by atoms with Gasteiger partial charge in [-0.1, -0.05) is 23.7 Å². The van der Waals surface area contributed by atoms with Crippen LogP contribution in [0.15, 0.2) is 78.7 Å². The van der Waals surface area contributed by atoms with Crippen LogP contribution in [0.3, 0.4) is 0 Å². The number of nitrogens with zero attached hydrogens (tertiary/aromatic N) is 1. The van der Waals surface area contributed by atoms with Crippen LogP contribution in [-0.2, 0) is 11.4 Å². The molecule has 0 aliphatic carbocycles. The fraction of sp³-hybridized carbons (Fsp3) is 0.172. The molecule has 0 spiro atoms. The van der Waals surface area contributed by atoms with Gasteiger partial charge in [0.2, 0.25) is 5.76 Å². The van der Waals surface area contributed by atoms with Crippen molar-refractivity contribution in [3.05, 3.63) is 94.8 Å². The zero-order valence-corrected chi connectivity index (χ0v) is 21.4. The fourth-order valence-corrected chi connectivity index (χ4v) is 3.66. The molecule has 8 heteroatoms. The summed E-state index contributed by atoms with van der Waals surface area (Å²) in [7, 11) is 1.62. The van der Waals surface area contributed by atoms with Crippen LogP contribution < -0.4 is 18.9 Å². The highest BCUT2D eigenvalue weighted by atomic mass is 35.5. The summed E-state index contributed by atoms with van der Waals surface area (Å²) in [6.45, 7) is 4.16. The third-order valence-corrected chi connectivity index (χ3v) is 5.53. The molecule has 0 aliphatic rings. The Bertz CT molecular complexity index is 1420. The quantitative estimate of drug-likeness (QED) is 0.183. The second-order valence-corrected chi connectivity index (χ2v) is 8.83. The number of hydrogen-bond acceptors (Lipinski definition) is 6. The lowest BCUT2D eigenvalue weighted by molar-refractivity contribution is -0.134. The van der Waals surface area contributed by atoms with E-state index < -0.39 is 5.97 Å². The van der Waals surface area contributed by atoms with Crippen LogP contribution in [0.4, 0.5) is 0 Å². The number of halogens is 1. The molecule has 1 N–H and O–H groups in total. The minimum atomic E-state index is -1.19. The predicted octanol–water partition coefficient (Wildman–Crippen LogP) is 6.77. The molecule has 37 heavy (non-hydrogen) atoms. The number of aromatic nitrogens is 1. The molecular weight excluding hydrogens is 494 g/mol. The predicted molar refractivity (Wildman–Crippen MR) is 143 cm³/mol. The van der Waals surface area contributed by atoms with Crippen LogP contribution in [-0.4, -0.2) is 29.3 Å². The first-order chi connectivity index (χ1) is 17.8. The SMILES string of the molecule is COc1ccc2ncc(COc3ccc(C=C(Oc4ccc(Cl)cc4)C(=O)O)cc3)c(OC(C)C)c2c1. The third-order valence-electron chi connectivity index (χ3n) is 5.28. The molecule has 4 rings (SSSR count). The molecule has 190 valence electrons. The van der Waals surface area contributed by atoms with Crippen LogP contribution in [0, 0.1) is 0 Å². The number of aliphatic carboxylic acids is 1. The zero-order valence-electron chi connectivity index (χ0n) is 20.6. The van der Waals surface area contributed by atoms with Crippen LogP contribution in [0.2, 0.25) is 5.02 Å². The first-order valence-corrected chi connectivity index (χ1v) is 11.9. The van der Waals surface area contributed by atoms with Gasteiger partial charge in [0.25, 0.3) is 0 Å². The fourth-order valence-electron chi connectivity index (χ4n) is 3.53. The Morgan fingerprint density at radius 1 is 1.00 bits per heavy atom. The normalized spacial score (nSPS) is 11.4. The smallest absolute Gasteiger partial charge is 0.371 e. The maximum absolute atomic E-state index is 11.7. The number of carboxylic acid groups (broad SMARTS) is 1. The molecule has 1 heterocycles. The van der Waals surface area contributed by atoms with E-state index in [0.29, 0.717) is 33.6 Å². The monoisotopic (exact) mass is 519 g/mol. The van der Waals surface area contributed by atoms with E-state index in [1.807, 2.05) is 32.0 Å². The number of hydrogen-bond donors (Lipinski definition) is 1. The average molecular weight is 520 g/mol. The van der Waals surface area contributed by atoms with Crippen molar-refractivity contribution in [2.75, 3.05) is 7.11 Å². The van der Waals surface area contributed by atoms with Crippen LogP contribution in [0.1, 0.15) is 25.0 Å². The number of benzene rings is 3. The van der Waals surface area contributed by atoms with Gasteiger partial charge in [-0.25, -0.2) is 4.79 Å². The van der Waals surface area contributed by atoms with Crippen molar-refractivity contribution in [2.24, 2.45) is 0 Å². The van der Waals surface area contributed by atoms with E-state index in [9.17, 15) is 9.90 Å².